The number of carbonyl (C=O) groups excluding carboxylic acids is 1. The number of nitrogens with zero attached hydrogens (tertiary/aromatic N) is 3. The Kier molecular flexibility index (Phi) is 5.83. The minimum absolute atomic E-state index is 0.0879. The van der Waals surface area contributed by atoms with Crippen LogP contribution >= 0.6 is 11.6 Å². The Balaban J connectivity index is 1.27. The number of ether oxygens (including phenoxy) is 1. The molecule has 0 unspecified atom stereocenters. The molecular weight excluding hydrogens is 487 g/mol. The highest BCUT2D eigenvalue weighted by Crippen LogP contribution is 2.29. The van der Waals surface area contributed by atoms with Gasteiger partial charge in [0.25, 0.3) is 5.91 Å². The minimum atomic E-state index is -0.874. The summed E-state index contributed by atoms with van der Waals surface area (Å²) in [6.45, 7) is -0.0879. The van der Waals surface area contributed by atoms with Crippen molar-refractivity contribution in [2.24, 2.45) is 0 Å². The van der Waals surface area contributed by atoms with Gasteiger partial charge in [-0.3, -0.25) is 4.79 Å². The monoisotopic (exact) mass is 499 g/mol. The average molecular weight is 500 g/mol. The Morgan fingerprint density at radius 1 is 1.06 bits per heavy atom. The summed E-state index contributed by atoms with van der Waals surface area (Å²) in [5.41, 5.74) is 1.21. The van der Waals surface area contributed by atoms with Crippen molar-refractivity contribution in [3.63, 3.8) is 0 Å². The molecule has 12 heteroatoms. The molecule has 0 fully saturated rings. The van der Waals surface area contributed by atoms with Gasteiger partial charge >= 0.3 is 0 Å². The second kappa shape index (κ2) is 9.11. The van der Waals surface area contributed by atoms with Crippen LogP contribution in [0.25, 0.3) is 22.4 Å². The second-order valence-corrected chi connectivity index (χ2v) is 7.75. The molecule has 0 atom stereocenters. The summed E-state index contributed by atoms with van der Waals surface area (Å²) in [6.07, 6.45) is 1.23. The number of amides is 1. The van der Waals surface area contributed by atoms with Crippen molar-refractivity contribution in [3.05, 3.63) is 88.4 Å². The first-order valence-corrected chi connectivity index (χ1v) is 10.4. The van der Waals surface area contributed by atoms with Gasteiger partial charge in [-0.25, -0.2) is 18.3 Å². The minimum Gasteiger partial charge on any atom is -0.489 e. The number of halogens is 4. The maximum Gasteiger partial charge on any atom is 0.259 e. The molecule has 0 radical (unpaired) electrons. The first-order valence-electron chi connectivity index (χ1n) is 10.0. The largest absolute Gasteiger partial charge is 0.489 e. The first kappa shape index (κ1) is 22.4. The van der Waals surface area contributed by atoms with Gasteiger partial charge in [0.05, 0.1) is 11.1 Å². The first-order chi connectivity index (χ1) is 16.9. The molecule has 3 aromatic carbocycles. The van der Waals surface area contributed by atoms with E-state index >= 15 is 0 Å². The SMILES string of the molecule is O=C(Nc1ccc(OCc2cc(F)c(Cl)c(F)c2)cc1)c1coc2cc(-c3nnn[nH]3)c(F)cc12. The lowest BCUT2D eigenvalue weighted by Gasteiger charge is -2.09. The second-order valence-electron chi connectivity index (χ2n) is 7.37. The predicted molar refractivity (Wildman–Crippen MR) is 119 cm³/mol. The van der Waals surface area contributed by atoms with Crippen LogP contribution in [0.2, 0.25) is 5.02 Å². The fourth-order valence-electron chi connectivity index (χ4n) is 3.37. The fraction of sp³-hybridized carbons (Fsp3) is 0.0435. The van der Waals surface area contributed by atoms with Gasteiger partial charge in [-0.2, -0.15) is 0 Å². The molecule has 5 rings (SSSR count). The van der Waals surface area contributed by atoms with Gasteiger partial charge in [0.1, 0.15) is 46.7 Å². The van der Waals surface area contributed by atoms with Gasteiger partial charge < -0.3 is 14.5 Å². The van der Waals surface area contributed by atoms with Crippen LogP contribution in [0.5, 0.6) is 5.75 Å². The van der Waals surface area contributed by atoms with E-state index in [2.05, 4.69) is 25.9 Å². The molecular formula is C23H13ClF3N5O3. The molecule has 2 N–H and O–H groups in total. The highest BCUT2D eigenvalue weighted by Gasteiger charge is 2.19. The Morgan fingerprint density at radius 3 is 2.49 bits per heavy atom. The summed E-state index contributed by atoms with van der Waals surface area (Å²) >= 11 is 5.47. The molecule has 8 nitrogen and oxygen atoms in total. The van der Waals surface area contributed by atoms with E-state index in [-0.39, 0.29) is 40.1 Å². The van der Waals surface area contributed by atoms with E-state index in [9.17, 15) is 18.0 Å². The highest BCUT2D eigenvalue weighted by molar-refractivity contribution is 6.30. The Morgan fingerprint density at radius 2 is 1.80 bits per heavy atom. The summed E-state index contributed by atoms with van der Waals surface area (Å²) in [5, 5.41) is 15.4. The van der Waals surface area contributed by atoms with Crippen LogP contribution in [-0.4, -0.2) is 26.5 Å². The van der Waals surface area contributed by atoms with Crippen molar-refractivity contribution in [2.45, 2.75) is 6.61 Å². The molecule has 0 aliphatic heterocycles. The molecule has 1 amide bonds. The number of rotatable bonds is 6. The molecule has 2 aromatic heterocycles. The molecule has 0 aliphatic carbocycles. The molecule has 0 spiro atoms. The lowest BCUT2D eigenvalue weighted by Crippen LogP contribution is -2.11. The van der Waals surface area contributed by atoms with Crippen molar-refractivity contribution in [1.29, 1.82) is 0 Å². The van der Waals surface area contributed by atoms with E-state index < -0.39 is 28.4 Å². The zero-order valence-electron chi connectivity index (χ0n) is 17.5. The number of tetrazole rings is 1. The number of furan rings is 1. The van der Waals surface area contributed by atoms with Crippen molar-refractivity contribution in [3.8, 4) is 17.1 Å². The van der Waals surface area contributed by atoms with E-state index in [0.717, 1.165) is 12.1 Å². The third-order valence-electron chi connectivity index (χ3n) is 5.07. The standard InChI is InChI=1S/C23H13ClF3N5O3/c24-21-18(26)5-11(6-19(21)27)9-34-13-3-1-12(2-4-13)28-23(33)16-10-35-20-8-15(17(25)7-14(16)20)22-29-31-32-30-22/h1-8,10H,9H2,(H,28,33)(H,29,30,31,32). The van der Waals surface area contributed by atoms with E-state index in [1.165, 1.54) is 18.4 Å². The van der Waals surface area contributed by atoms with Crippen LogP contribution < -0.4 is 10.1 Å². The number of nitrogens with one attached hydrogen (secondary N) is 2. The van der Waals surface area contributed by atoms with Crippen LogP contribution in [0.15, 0.2) is 59.2 Å². The quantitative estimate of drug-likeness (QED) is 0.298. The summed E-state index contributed by atoms with van der Waals surface area (Å²) in [5.74, 6) is -2.36. The van der Waals surface area contributed by atoms with Crippen molar-refractivity contribution >= 4 is 34.2 Å². The van der Waals surface area contributed by atoms with Crippen molar-refractivity contribution in [2.75, 3.05) is 5.32 Å². The Bertz CT molecular complexity index is 1520. The number of hydrogen-bond donors (Lipinski definition) is 2. The normalized spacial score (nSPS) is 11.1. The average Bonchev–Trinajstić information content (AvgIpc) is 3.51. The molecule has 35 heavy (non-hydrogen) atoms. The Hall–Kier alpha value is -4.38. The third-order valence-corrected chi connectivity index (χ3v) is 5.43. The number of aromatic nitrogens is 4. The fourth-order valence-corrected chi connectivity index (χ4v) is 3.48. The van der Waals surface area contributed by atoms with Crippen molar-refractivity contribution in [1.82, 2.24) is 20.6 Å². The van der Waals surface area contributed by atoms with Crippen LogP contribution in [0, 0.1) is 17.5 Å². The van der Waals surface area contributed by atoms with Gasteiger partial charge in [0.2, 0.25) is 0 Å². The number of fused-ring (bicyclic) bond motifs is 1. The van der Waals surface area contributed by atoms with Crippen LogP contribution in [0.4, 0.5) is 18.9 Å². The lowest BCUT2D eigenvalue weighted by molar-refractivity contribution is 0.102. The van der Waals surface area contributed by atoms with Crippen LogP contribution in [0.3, 0.4) is 0 Å². The molecule has 176 valence electrons. The van der Waals surface area contributed by atoms with E-state index in [4.69, 9.17) is 20.8 Å². The van der Waals surface area contributed by atoms with Gasteiger partial charge in [-0.1, -0.05) is 11.6 Å². The van der Waals surface area contributed by atoms with E-state index in [1.807, 2.05) is 0 Å². The topological polar surface area (TPSA) is 106 Å². The number of H-pyrrole nitrogens is 1. The molecule has 0 aliphatic rings. The predicted octanol–water partition coefficient (Wildman–Crippen LogP) is 5.51. The number of aromatic amines is 1. The summed E-state index contributed by atoms with van der Waals surface area (Å²) in [6, 6.07) is 11.0. The molecule has 0 saturated carbocycles. The lowest BCUT2D eigenvalue weighted by atomic mass is 10.1. The summed E-state index contributed by atoms with van der Waals surface area (Å²) in [4.78, 5) is 12.8. The number of anilines is 1. The van der Waals surface area contributed by atoms with Gasteiger partial charge in [-0.15, -0.1) is 5.10 Å². The van der Waals surface area contributed by atoms with Crippen LogP contribution in [0.1, 0.15) is 15.9 Å². The van der Waals surface area contributed by atoms with Crippen molar-refractivity contribution < 1.29 is 27.1 Å². The van der Waals surface area contributed by atoms with Crippen LogP contribution in [-0.2, 0) is 6.61 Å². The maximum absolute atomic E-state index is 14.6. The van der Waals surface area contributed by atoms with E-state index in [0.29, 0.717) is 11.4 Å². The number of benzene rings is 3. The number of carbonyl (C=O) groups is 1. The number of hydrogen-bond acceptors (Lipinski definition) is 6. The van der Waals surface area contributed by atoms with Gasteiger partial charge in [0, 0.05) is 11.1 Å². The smallest absolute Gasteiger partial charge is 0.259 e. The highest BCUT2D eigenvalue weighted by atomic mass is 35.5. The maximum atomic E-state index is 14.6. The van der Waals surface area contributed by atoms with Gasteiger partial charge in [-0.05, 0) is 64.5 Å². The summed E-state index contributed by atoms with van der Waals surface area (Å²) in [7, 11) is 0. The zero-order chi connectivity index (χ0) is 24.5. The molecule has 0 bridgehead atoms. The van der Waals surface area contributed by atoms with E-state index in [1.54, 1.807) is 24.3 Å². The summed E-state index contributed by atoms with van der Waals surface area (Å²) < 4.78 is 52.6. The zero-order valence-corrected chi connectivity index (χ0v) is 18.2. The third kappa shape index (κ3) is 4.53. The molecule has 5 aromatic rings. The molecule has 0 saturated heterocycles. The Labute approximate surface area is 199 Å². The molecule has 2 heterocycles. The van der Waals surface area contributed by atoms with Gasteiger partial charge in [0.15, 0.2) is 5.82 Å².